The zero-order valence-corrected chi connectivity index (χ0v) is 14.0. The van der Waals surface area contributed by atoms with E-state index in [1.807, 2.05) is 0 Å². The van der Waals surface area contributed by atoms with Gasteiger partial charge in [-0.25, -0.2) is 0 Å². The lowest BCUT2D eigenvalue weighted by Crippen LogP contribution is -2.51. The highest BCUT2D eigenvalue weighted by Gasteiger charge is 2.40. The first kappa shape index (κ1) is 17.1. The second-order valence-electron chi connectivity index (χ2n) is 3.81. The molecular formula is C11H26O4Si2. The first-order valence-electron chi connectivity index (χ1n) is 6.07. The molecule has 0 aromatic carbocycles. The van der Waals surface area contributed by atoms with Crippen LogP contribution in [0.4, 0.5) is 0 Å². The summed E-state index contributed by atoms with van der Waals surface area (Å²) in [7, 11) is 4.72. The molecular weight excluding hydrogens is 252 g/mol. The second-order valence-corrected chi connectivity index (χ2v) is 11.2. The van der Waals surface area contributed by atoms with Gasteiger partial charge in [-0.2, -0.15) is 0 Å². The summed E-state index contributed by atoms with van der Waals surface area (Å²) in [4.78, 5) is 0. The minimum atomic E-state index is -1.26. The molecule has 17 heavy (non-hydrogen) atoms. The van der Waals surface area contributed by atoms with Crippen molar-refractivity contribution in [1.29, 1.82) is 0 Å². The minimum absolute atomic E-state index is 0.624. The summed E-state index contributed by atoms with van der Waals surface area (Å²) in [6.07, 6.45) is 2.36. The maximum absolute atomic E-state index is 5.73. The van der Waals surface area contributed by atoms with Gasteiger partial charge in [0.1, 0.15) is 0 Å². The van der Waals surface area contributed by atoms with E-state index in [4.69, 9.17) is 18.6 Å². The summed E-state index contributed by atoms with van der Waals surface area (Å²) in [5.74, 6) is 0. The normalized spacial score (nSPS) is 11.4. The first-order chi connectivity index (χ1) is 8.15. The quantitative estimate of drug-likeness (QED) is 0.478. The van der Waals surface area contributed by atoms with Gasteiger partial charge in [-0.1, -0.05) is 26.7 Å². The molecule has 4 nitrogen and oxygen atoms in total. The van der Waals surface area contributed by atoms with Crippen LogP contribution in [-0.4, -0.2) is 50.1 Å². The molecule has 0 aromatic rings. The van der Waals surface area contributed by atoms with Crippen LogP contribution in [0, 0.1) is 0 Å². The molecule has 0 bridgehead atoms. The van der Waals surface area contributed by atoms with E-state index in [9.17, 15) is 0 Å². The monoisotopic (exact) mass is 278 g/mol. The van der Waals surface area contributed by atoms with Gasteiger partial charge in [-0.05, 0) is 12.1 Å². The van der Waals surface area contributed by atoms with Crippen molar-refractivity contribution in [2.75, 3.05) is 28.4 Å². The lowest BCUT2D eigenvalue weighted by atomic mass is 10.6. The molecule has 0 atom stereocenters. The SMILES string of the molecule is CCC[Si](CCC)=[Si](OC)C(OC)(OC)OC. The molecule has 0 aliphatic carbocycles. The Hall–Kier alpha value is 0.114. The Morgan fingerprint density at radius 1 is 0.824 bits per heavy atom. The van der Waals surface area contributed by atoms with Crippen LogP contribution in [-0.2, 0) is 18.6 Å². The van der Waals surface area contributed by atoms with Crippen molar-refractivity contribution < 1.29 is 18.6 Å². The van der Waals surface area contributed by atoms with Crippen LogP contribution in [0.5, 0.6) is 0 Å². The maximum Gasteiger partial charge on any atom is 0.312 e. The Balaban J connectivity index is 5.38. The van der Waals surface area contributed by atoms with Crippen LogP contribution < -0.4 is 0 Å². The molecule has 0 amide bonds. The molecule has 0 aliphatic rings. The van der Waals surface area contributed by atoms with E-state index in [0.717, 1.165) is 0 Å². The lowest BCUT2D eigenvalue weighted by molar-refractivity contribution is -0.300. The van der Waals surface area contributed by atoms with Crippen molar-refractivity contribution in [2.24, 2.45) is 0 Å². The predicted molar refractivity (Wildman–Crippen MR) is 72.5 cm³/mol. The van der Waals surface area contributed by atoms with Crippen molar-refractivity contribution in [1.82, 2.24) is 0 Å². The number of methoxy groups -OCH3 is 3. The average Bonchev–Trinajstić information content (AvgIpc) is 2.36. The van der Waals surface area contributed by atoms with Gasteiger partial charge >= 0.3 is 13.7 Å². The predicted octanol–water partition coefficient (Wildman–Crippen LogP) is 2.15. The Kier molecular flexibility index (Phi) is 9.16. The molecule has 0 rings (SSSR count). The number of hydrogen-bond donors (Lipinski definition) is 0. The van der Waals surface area contributed by atoms with Crippen molar-refractivity contribution in [3.8, 4) is 0 Å². The summed E-state index contributed by atoms with van der Waals surface area (Å²) >= 11 is 0. The smallest absolute Gasteiger partial charge is 0.312 e. The maximum atomic E-state index is 5.73. The summed E-state index contributed by atoms with van der Waals surface area (Å²) in [5.41, 5.74) is -0.960. The third-order valence-corrected chi connectivity index (χ3v) is 12.1. The van der Waals surface area contributed by atoms with E-state index in [1.54, 1.807) is 28.4 Å². The molecule has 0 fully saturated rings. The summed E-state index contributed by atoms with van der Waals surface area (Å²) in [6.45, 7) is 4.42. The van der Waals surface area contributed by atoms with E-state index < -0.39 is 21.6 Å². The number of hydrogen-bond acceptors (Lipinski definition) is 4. The Labute approximate surface area is 108 Å². The van der Waals surface area contributed by atoms with E-state index in [0.29, 0.717) is 0 Å². The molecule has 0 spiro atoms. The van der Waals surface area contributed by atoms with Gasteiger partial charge in [0, 0.05) is 29.2 Å². The molecule has 0 saturated heterocycles. The molecule has 0 saturated carbocycles. The third-order valence-electron chi connectivity index (χ3n) is 2.71. The molecule has 0 N–H and O–H groups in total. The van der Waals surface area contributed by atoms with Crippen LogP contribution in [0.15, 0.2) is 0 Å². The van der Waals surface area contributed by atoms with Gasteiger partial charge in [-0.15, -0.1) is 0 Å². The number of rotatable bonds is 9. The Morgan fingerprint density at radius 2 is 1.24 bits per heavy atom. The van der Waals surface area contributed by atoms with Crippen molar-refractivity contribution in [2.45, 2.75) is 44.4 Å². The van der Waals surface area contributed by atoms with Crippen molar-refractivity contribution >= 4 is 16.0 Å². The van der Waals surface area contributed by atoms with Crippen LogP contribution in [0.2, 0.25) is 12.1 Å². The molecule has 0 unspecified atom stereocenters. The first-order valence-corrected chi connectivity index (χ1v) is 10.4. The highest BCUT2D eigenvalue weighted by Crippen LogP contribution is 2.16. The van der Waals surface area contributed by atoms with Crippen molar-refractivity contribution in [3.63, 3.8) is 0 Å². The molecule has 0 aliphatic heterocycles. The lowest BCUT2D eigenvalue weighted by Gasteiger charge is -2.31. The van der Waals surface area contributed by atoms with E-state index in [1.165, 1.54) is 24.9 Å². The highest BCUT2D eigenvalue weighted by molar-refractivity contribution is 6.94. The van der Waals surface area contributed by atoms with Crippen LogP contribution >= 0.6 is 0 Å². The fourth-order valence-corrected chi connectivity index (χ4v) is 11.4. The summed E-state index contributed by atoms with van der Waals surface area (Å²) < 4.78 is 22.1. The Morgan fingerprint density at radius 3 is 1.47 bits per heavy atom. The van der Waals surface area contributed by atoms with Gasteiger partial charge in [0.15, 0.2) is 0 Å². The highest BCUT2D eigenvalue weighted by atomic mass is 28.9. The van der Waals surface area contributed by atoms with Gasteiger partial charge in [0.2, 0.25) is 0 Å². The summed E-state index contributed by atoms with van der Waals surface area (Å²) in [6, 6.07) is 2.44. The Bertz CT molecular complexity index is 223. The van der Waals surface area contributed by atoms with Gasteiger partial charge < -0.3 is 18.6 Å². The average molecular weight is 278 g/mol. The molecule has 0 aromatic heterocycles. The standard InChI is InChI=1S/C11H26O4Si2/c1-7-9-16(10-8-2)17(15-6)11(12-3,13-4)14-5/h7-10H2,1-6H3. The fraction of sp³-hybridized carbons (Fsp3) is 1.00. The molecule has 102 valence electrons. The van der Waals surface area contributed by atoms with Crippen LogP contribution in [0.25, 0.3) is 0 Å². The minimum Gasteiger partial charge on any atom is -0.551 e. The van der Waals surface area contributed by atoms with Crippen molar-refractivity contribution in [3.05, 3.63) is 0 Å². The fourth-order valence-electron chi connectivity index (χ4n) is 1.97. The topological polar surface area (TPSA) is 36.9 Å². The largest absolute Gasteiger partial charge is 0.551 e. The molecule has 0 radical (unpaired) electrons. The second kappa shape index (κ2) is 9.10. The van der Waals surface area contributed by atoms with Gasteiger partial charge in [-0.3, -0.25) is 0 Å². The van der Waals surface area contributed by atoms with E-state index >= 15 is 0 Å². The van der Waals surface area contributed by atoms with E-state index in [2.05, 4.69) is 13.8 Å². The van der Waals surface area contributed by atoms with Gasteiger partial charge in [0.05, 0.1) is 7.11 Å². The van der Waals surface area contributed by atoms with E-state index in [-0.39, 0.29) is 0 Å². The summed E-state index contributed by atoms with van der Waals surface area (Å²) in [5, 5.41) is 0. The van der Waals surface area contributed by atoms with Crippen LogP contribution in [0.1, 0.15) is 26.7 Å². The van der Waals surface area contributed by atoms with Gasteiger partial charge in [0.25, 0.3) is 0 Å². The molecule has 0 heterocycles. The number of ether oxygens (including phenoxy) is 3. The third kappa shape index (κ3) is 4.37. The zero-order valence-electron chi connectivity index (χ0n) is 12.0. The zero-order chi connectivity index (χ0) is 13.3. The molecule has 6 heteroatoms. The van der Waals surface area contributed by atoms with Crippen LogP contribution in [0.3, 0.4) is 0 Å².